The van der Waals surface area contributed by atoms with Gasteiger partial charge in [0.1, 0.15) is 0 Å². The lowest BCUT2D eigenvalue weighted by Crippen LogP contribution is -2.09. The van der Waals surface area contributed by atoms with Crippen molar-refractivity contribution in [2.24, 2.45) is 5.73 Å². The quantitative estimate of drug-likeness (QED) is 0.833. The minimum atomic E-state index is -0.0718. The molecule has 0 spiro atoms. The molecule has 0 aromatic carbocycles. The van der Waals surface area contributed by atoms with Crippen LogP contribution in [0.15, 0.2) is 12.1 Å². The Labute approximate surface area is 86.8 Å². The largest absolute Gasteiger partial charge is 0.396 e. The SMILES string of the molecule is Cl.NC(CCO)c1ccc(Cl)s1. The summed E-state index contributed by atoms with van der Waals surface area (Å²) in [5, 5.41) is 8.60. The molecule has 0 aliphatic heterocycles. The molecule has 1 aromatic rings. The maximum absolute atomic E-state index is 8.60. The molecule has 0 bridgehead atoms. The zero-order valence-electron chi connectivity index (χ0n) is 6.37. The maximum Gasteiger partial charge on any atom is 0.0931 e. The molecule has 0 radical (unpaired) electrons. The van der Waals surface area contributed by atoms with Gasteiger partial charge < -0.3 is 10.8 Å². The number of aliphatic hydroxyl groups is 1. The van der Waals surface area contributed by atoms with Crippen molar-refractivity contribution in [2.45, 2.75) is 12.5 Å². The summed E-state index contributed by atoms with van der Waals surface area (Å²) in [6.45, 7) is 0.122. The lowest BCUT2D eigenvalue weighted by Gasteiger charge is -2.05. The van der Waals surface area contributed by atoms with Crippen LogP contribution in [0.4, 0.5) is 0 Å². The minimum absolute atomic E-state index is 0. The Balaban J connectivity index is 0.00000121. The second kappa shape index (κ2) is 5.78. The van der Waals surface area contributed by atoms with Crippen molar-refractivity contribution in [3.63, 3.8) is 0 Å². The molecule has 2 nitrogen and oxygen atoms in total. The van der Waals surface area contributed by atoms with E-state index in [0.29, 0.717) is 6.42 Å². The number of thiophene rings is 1. The summed E-state index contributed by atoms with van der Waals surface area (Å²) in [6.07, 6.45) is 0.594. The van der Waals surface area contributed by atoms with Gasteiger partial charge in [-0.2, -0.15) is 0 Å². The highest BCUT2D eigenvalue weighted by atomic mass is 35.5. The second-order valence-corrected chi connectivity index (χ2v) is 4.01. The molecule has 1 unspecified atom stereocenters. The molecule has 3 N–H and O–H groups in total. The lowest BCUT2D eigenvalue weighted by molar-refractivity contribution is 0.277. The molecule has 12 heavy (non-hydrogen) atoms. The monoisotopic (exact) mass is 227 g/mol. The highest BCUT2D eigenvalue weighted by molar-refractivity contribution is 7.16. The number of rotatable bonds is 3. The van der Waals surface area contributed by atoms with Gasteiger partial charge in [0, 0.05) is 17.5 Å². The molecule has 0 amide bonds. The summed E-state index contributed by atoms with van der Waals surface area (Å²) in [6, 6.07) is 3.64. The number of hydrogen-bond acceptors (Lipinski definition) is 3. The molecule has 70 valence electrons. The zero-order chi connectivity index (χ0) is 8.27. The predicted molar refractivity (Wildman–Crippen MR) is 55.2 cm³/mol. The average Bonchev–Trinajstić information content (AvgIpc) is 2.36. The van der Waals surface area contributed by atoms with Gasteiger partial charge in [0.2, 0.25) is 0 Å². The number of halogens is 2. The van der Waals surface area contributed by atoms with E-state index in [1.54, 1.807) is 0 Å². The molecule has 0 saturated carbocycles. The van der Waals surface area contributed by atoms with Gasteiger partial charge in [-0.3, -0.25) is 0 Å². The number of nitrogens with two attached hydrogens (primary N) is 1. The first-order valence-corrected chi connectivity index (χ1v) is 4.55. The number of hydrogen-bond donors (Lipinski definition) is 2. The second-order valence-electron chi connectivity index (χ2n) is 2.26. The summed E-state index contributed by atoms with van der Waals surface area (Å²) in [5.74, 6) is 0. The fourth-order valence-corrected chi connectivity index (χ4v) is 1.91. The van der Waals surface area contributed by atoms with Gasteiger partial charge in [0.15, 0.2) is 0 Å². The Morgan fingerprint density at radius 2 is 2.25 bits per heavy atom. The van der Waals surface area contributed by atoms with Crippen LogP contribution in [0.3, 0.4) is 0 Å². The van der Waals surface area contributed by atoms with Crippen LogP contribution < -0.4 is 5.73 Å². The van der Waals surface area contributed by atoms with Gasteiger partial charge in [-0.05, 0) is 18.6 Å². The van der Waals surface area contributed by atoms with E-state index >= 15 is 0 Å². The van der Waals surface area contributed by atoms with Crippen molar-refractivity contribution in [3.8, 4) is 0 Å². The summed E-state index contributed by atoms with van der Waals surface area (Å²) in [4.78, 5) is 1.03. The van der Waals surface area contributed by atoms with Crippen molar-refractivity contribution in [3.05, 3.63) is 21.3 Å². The molecule has 1 aromatic heterocycles. The summed E-state index contributed by atoms with van der Waals surface area (Å²) >= 11 is 7.17. The third-order valence-electron chi connectivity index (χ3n) is 1.40. The van der Waals surface area contributed by atoms with Crippen molar-refractivity contribution in [1.82, 2.24) is 0 Å². The Bertz CT molecular complexity index is 229. The van der Waals surface area contributed by atoms with Crippen LogP contribution in [-0.4, -0.2) is 11.7 Å². The van der Waals surface area contributed by atoms with Crippen molar-refractivity contribution >= 4 is 35.3 Å². The highest BCUT2D eigenvalue weighted by Crippen LogP contribution is 2.26. The summed E-state index contributed by atoms with van der Waals surface area (Å²) in [5.41, 5.74) is 5.71. The molecule has 1 atom stereocenters. The molecule has 5 heteroatoms. The normalized spacial score (nSPS) is 12.2. The van der Waals surface area contributed by atoms with Crippen molar-refractivity contribution in [1.29, 1.82) is 0 Å². The van der Waals surface area contributed by atoms with E-state index in [9.17, 15) is 0 Å². The van der Waals surface area contributed by atoms with Gasteiger partial charge >= 0.3 is 0 Å². The standard InChI is InChI=1S/C7H10ClNOS.ClH/c8-7-2-1-6(11-7)5(9)3-4-10;/h1-2,5,10H,3-4,9H2;1H. The summed E-state index contributed by atoms with van der Waals surface area (Å²) in [7, 11) is 0. The first-order chi connectivity index (χ1) is 5.24. The van der Waals surface area contributed by atoms with E-state index in [2.05, 4.69) is 0 Å². The smallest absolute Gasteiger partial charge is 0.0931 e. The van der Waals surface area contributed by atoms with E-state index in [1.165, 1.54) is 11.3 Å². The molecular formula is C7H11Cl2NOS. The molecule has 0 fully saturated rings. The first kappa shape index (κ1) is 12.2. The number of aliphatic hydroxyl groups excluding tert-OH is 1. The van der Waals surface area contributed by atoms with Gasteiger partial charge in [0.05, 0.1) is 4.34 Å². The first-order valence-electron chi connectivity index (χ1n) is 3.35. The van der Waals surface area contributed by atoms with E-state index in [1.807, 2.05) is 12.1 Å². The molecule has 0 aliphatic carbocycles. The van der Waals surface area contributed by atoms with Crippen LogP contribution in [0.1, 0.15) is 17.3 Å². The molecule has 1 rings (SSSR count). The topological polar surface area (TPSA) is 46.2 Å². The maximum atomic E-state index is 8.60. The van der Waals surface area contributed by atoms with Gasteiger partial charge in [-0.15, -0.1) is 23.7 Å². The summed E-state index contributed by atoms with van der Waals surface area (Å²) < 4.78 is 0.744. The van der Waals surface area contributed by atoms with E-state index < -0.39 is 0 Å². The van der Waals surface area contributed by atoms with E-state index in [4.69, 9.17) is 22.4 Å². The molecule has 0 saturated heterocycles. The Kier molecular flexibility index (Phi) is 5.88. The Morgan fingerprint density at radius 3 is 2.67 bits per heavy atom. The van der Waals surface area contributed by atoms with Crippen molar-refractivity contribution in [2.75, 3.05) is 6.61 Å². The van der Waals surface area contributed by atoms with E-state index in [-0.39, 0.29) is 25.1 Å². The average molecular weight is 228 g/mol. The third kappa shape index (κ3) is 3.29. The molecular weight excluding hydrogens is 217 g/mol. The Morgan fingerprint density at radius 1 is 1.58 bits per heavy atom. The predicted octanol–water partition coefficient (Wildman–Crippen LogP) is 2.21. The van der Waals surface area contributed by atoms with Crippen LogP contribution in [0.25, 0.3) is 0 Å². The molecule has 1 heterocycles. The van der Waals surface area contributed by atoms with Crippen LogP contribution in [0, 0.1) is 0 Å². The van der Waals surface area contributed by atoms with Gasteiger partial charge in [-0.1, -0.05) is 11.6 Å². The van der Waals surface area contributed by atoms with Gasteiger partial charge in [0.25, 0.3) is 0 Å². The van der Waals surface area contributed by atoms with E-state index in [0.717, 1.165) is 9.21 Å². The molecule has 0 aliphatic rings. The van der Waals surface area contributed by atoms with Crippen LogP contribution in [-0.2, 0) is 0 Å². The van der Waals surface area contributed by atoms with Crippen LogP contribution >= 0.6 is 35.3 Å². The Hall–Kier alpha value is 0.200. The fraction of sp³-hybridized carbons (Fsp3) is 0.429. The van der Waals surface area contributed by atoms with Gasteiger partial charge in [-0.25, -0.2) is 0 Å². The lowest BCUT2D eigenvalue weighted by atomic mass is 10.2. The van der Waals surface area contributed by atoms with Crippen LogP contribution in [0.5, 0.6) is 0 Å². The zero-order valence-corrected chi connectivity index (χ0v) is 8.75. The van der Waals surface area contributed by atoms with Crippen molar-refractivity contribution < 1.29 is 5.11 Å². The fourth-order valence-electron chi connectivity index (χ4n) is 0.809. The third-order valence-corrected chi connectivity index (χ3v) is 2.76. The van der Waals surface area contributed by atoms with Crippen LogP contribution in [0.2, 0.25) is 4.34 Å². The minimum Gasteiger partial charge on any atom is -0.396 e. The highest BCUT2D eigenvalue weighted by Gasteiger charge is 2.06.